The van der Waals surface area contributed by atoms with Gasteiger partial charge in [0.1, 0.15) is 12.1 Å². The van der Waals surface area contributed by atoms with Gasteiger partial charge in [-0.05, 0) is 53.4 Å². The molecule has 3 aromatic rings. The monoisotopic (exact) mass is 689 g/mol. The van der Waals surface area contributed by atoms with E-state index in [-0.39, 0.29) is 12.8 Å². The molecule has 0 bridgehead atoms. The van der Waals surface area contributed by atoms with E-state index in [1.807, 2.05) is 72.8 Å². The van der Waals surface area contributed by atoms with Gasteiger partial charge in [-0.3, -0.25) is 14.6 Å². The van der Waals surface area contributed by atoms with Gasteiger partial charge in [0.2, 0.25) is 11.8 Å². The Morgan fingerprint density at radius 2 is 1.28 bits per heavy atom. The van der Waals surface area contributed by atoms with Crippen molar-refractivity contribution in [2.24, 2.45) is 10.8 Å². The largest absolute Gasteiger partial charge is 0.465 e. The third-order valence-corrected chi connectivity index (χ3v) is 8.33. The molecule has 50 heavy (non-hydrogen) atoms. The van der Waals surface area contributed by atoms with Gasteiger partial charge in [0.15, 0.2) is 0 Å². The number of methoxy groups -OCH3 is 1. The summed E-state index contributed by atoms with van der Waals surface area (Å²) in [5.74, 6) is -1.05. The summed E-state index contributed by atoms with van der Waals surface area (Å²) in [4.78, 5) is 55.6. The second kappa shape index (κ2) is 17.6. The number of carboxylic acid groups (broad SMARTS) is 1. The highest BCUT2D eigenvalue weighted by Crippen LogP contribution is 2.23. The molecule has 0 aliphatic heterocycles. The maximum Gasteiger partial charge on any atom is 0.407 e. The lowest BCUT2D eigenvalue weighted by molar-refractivity contribution is -0.128. The molecule has 3 rings (SSSR count). The molecule has 1 aromatic heterocycles. The minimum Gasteiger partial charge on any atom is -0.465 e. The minimum atomic E-state index is -1.33. The summed E-state index contributed by atoms with van der Waals surface area (Å²) in [5.41, 5.74) is 1.98. The summed E-state index contributed by atoms with van der Waals surface area (Å²) in [5, 5.41) is 32.2. The molecular weight excluding hydrogens is 638 g/mol. The van der Waals surface area contributed by atoms with E-state index in [1.54, 1.807) is 47.7 Å². The number of carbonyl (C=O) groups is 4. The first kappa shape index (κ1) is 39.5. The van der Waals surface area contributed by atoms with Crippen LogP contribution in [0.25, 0.3) is 11.3 Å². The maximum absolute atomic E-state index is 13.7. The zero-order valence-electron chi connectivity index (χ0n) is 29.9. The SMILES string of the molecule is COC(=O)N[C@H](C(=O)N[C@@H](Cc1ccccc1)[C@@H](O)C[C@@H](Cc1ccc(-c2ccccn2)cc1)NC(=O)[C@@H](NC(=O)O)C(C)(C)C)C(C)(C)C. The van der Waals surface area contributed by atoms with Crippen LogP contribution in [0.15, 0.2) is 79.0 Å². The Kier molecular flexibility index (Phi) is 13.9. The predicted molar refractivity (Wildman–Crippen MR) is 191 cm³/mol. The molecule has 0 saturated heterocycles. The van der Waals surface area contributed by atoms with Gasteiger partial charge in [-0.2, -0.15) is 0 Å². The molecule has 12 nitrogen and oxygen atoms in total. The van der Waals surface area contributed by atoms with Crippen LogP contribution >= 0.6 is 0 Å². The average Bonchev–Trinajstić information content (AvgIpc) is 3.05. The number of nitrogens with zero attached hydrogens (tertiary/aromatic N) is 1. The van der Waals surface area contributed by atoms with Crippen LogP contribution in [0.5, 0.6) is 0 Å². The molecule has 0 unspecified atom stereocenters. The van der Waals surface area contributed by atoms with Crippen molar-refractivity contribution in [2.45, 2.75) is 91.1 Å². The van der Waals surface area contributed by atoms with Crippen molar-refractivity contribution in [1.29, 1.82) is 0 Å². The van der Waals surface area contributed by atoms with Crippen molar-refractivity contribution in [3.8, 4) is 11.3 Å². The Labute approximate surface area is 294 Å². The van der Waals surface area contributed by atoms with Crippen molar-refractivity contribution in [2.75, 3.05) is 7.11 Å². The van der Waals surface area contributed by atoms with E-state index in [0.29, 0.717) is 6.42 Å². The molecule has 0 spiro atoms. The minimum absolute atomic E-state index is 0.0139. The Morgan fingerprint density at radius 1 is 0.720 bits per heavy atom. The summed E-state index contributed by atoms with van der Waals surface area (Å²) < 4.78 is 4.75. The first-order valence-corrected chi connectivity index (χ1v) is 16.6. The highest BCUT2D eigenvalue weighted by Gasteiger charge is 2.37. The first-order chi connectivity index (χ1) is 23.5. The second-order valence-corrected chi connectivity index (χ2v) is 14.6. The summed E-state index contributed by atoms with van der Waals surface area (Å²) >= 11 is 0. The third-order valence-electron chi connectivity index (χ3n) is 8.33. The van der Waals surface area contributed by atoms with Crippen LogP contribution in [0.4, 0.5) is 9.59 Å². The fourth-order valence-electron chi connectivity index (χ4n) is 5.63. The molecule has 0 radical (unpaired) electrons. The van der Waals surface area contributed by atoms with Crippen molar-refractivity contribution in [3.05, 3.63) is 90.1 Å². The van der Waals surface area contributed by atoms with E-state index in [9.17, 15) is 29.4 Å². The standard InChI is InChI=1S/C38H51N5O7/c1-37(2,3)31(42-35(47)48)33(45)40-27(21-25-16-18-26(19-17-25)28-15-11-12-20-39-28)23-30(44)29(22-24-13-9-8-10-14-24)41-34(46)32(38(4,5)6)43-36(49)50-7/h8-20,27,29-32,42,44H,21-23H2,1-7H3,(H,40,45)(H,41,46)(H,43,49)(H,47,48)/t27-,29+,30+,31-,32-/m1/s1. The van der Waals surface area contributed by atoms with E-state index in [1.165, 1.54) is 7.11 Å². The van der Waals surface area contributed by atoms with E-state index in [4.69, 9.17) is 4.74 Å². The van der Waals surface area contributed by atoms with Gasteiger partial charge >= 0.3 is 12.2 Å². The molecule has 0 aliphatic carbocycles. The fraction of sp³-hybridized carbons (Fsp3) is 0.447. The lowest BCUT2D eigenvalue weighted by Gasteiger charge is -2.34. The lowest BCUT2D eigenvalue weighted by Crippen LogP contribution is -2.59. The van der Waals surface area contributed by atoms with Crippen LogP contribution < -0.4 is 21.3 Å². The number of aliphatic hydroxyl groups excluding tert-OH is 1. The van der Waals surface area contributed by atoms with Gasteiger partial charge in [0.05, 0.1) is 24.9 Å². The molecule has 12 heteroatoms. The molecule has 0 saturated carbocycles. The van der Waals surface area contributed by atoms with E-state index in [0.717, 1.165) is 22.4 Å². The van der Waals surface area contributed by atoms with Gasteiger partial charge in [0, 0.05) is 17.8 Å². The van der Waals surface area contributed by atoms with Crippen LogP contribution in [0.3, 0.4) is 0 Å². The van der Waals surface area contributed by atoms with Crippen molar-refractivity contribution in [3.63, 3.8) is 0 Å². The number of hydrogen-bond acceptors (Lipinski definition) is 7. The van der Waals surface area contributed by atoms with E-state index < -0.39 is 65.1 Å². The molecular formula is C38H51N5O7. The fourth-order valence-corrected chi connectivity index (χ4v) is 5.63. The van der Waals surface area contributed by atoms with Crippen LogP contribution in [0, 0.1) is 10.8 Å². The number of benzene rings is 2. The second-order valence-electron chi connectivity index (χ2n) is 14.6. The summed E-state index contributed by atoms with van der Waals surface area (Å²) in [6.45, 7) is 10.7. The Bertz CT molecular complexity index is 1550. The highest BCUT2D eigenvalue weighted by molar-refractivity contribution is 5.87. The quantitative estimate of drug-likeness (QED) is 0.141. The zero-order valence-corrected chi connectivity index (χ0v) is 29.9. The molecule has 4 amide bonds. The maximum atomic E-state index is 13.7. The Balaban J connectivity index is 1.95. The molecule has 5 atom stereocenters. The average molecular weight is 690 g/mol. The molecule has 270 valence electrons. The van der Waals surface area contributed by atoms with E-state index >= 15 is 0 Å². The Morgan fingerprint density at radius 3 is 1.82 bits per heavy atom. The molecule has 2 aromatic carbocycles. The number of aromatic nitrogens is 1. The normalized spacial score (nSPS) is 14.6. The van der Waals surface area contributed by atoms with Gasteiger partial charge in [0.25, 0.3) is 0 Å². The van der Waals surface area contributed by atoms with Crippen molar-refractivity contribution in [1.82, 2.24) is 26.3 Å². The van der Waals surface area contributed by atoms with Gasteiger partial charge in [-0.25, -0.2) is 9.59 Å². The smallest absolute Gasteiger partial charge is 0.407 e. The van der Waals surface area contributed by atoms with Crippen molar-refractivity contribution < 1.29 is 34.1 Å². The number of ether oxygens (including phenoxy) is 1. The zero-order chi connectivity index (χ0) is 37.1. The number of aliphatic hydroxyl groups is 1. The highest BCUT2D eigenvalue weighted by atomic mass is 16.5. The summed E-state index contributed by atoms with van der Waals surface area (Å²) in [6.07, 6.45) is -0.978. The number of rotatable bonds is 14. The van der Waals surface area contributed by atoms with Gasteiger partial charge in [-0.1, -0.05) is 102 Å². The number of nitrogens with one attached hydrogen (secondary N) is 4. The van der Waals surface area contributed by atoms with Gasteiger partial charge < -0.3 is 36.2 Å². The predicted octanol–water partition coefficient (Wildman–Crippen LogP) is 4.71. The summed E-state index contributed by atoms with van der Waals surface area (Å²) in [6, 6.07) is 19.1. The summed E-state index contributed by atoms with van der Waals surface area (Å²) in [7, 11) is 1.21. The van der Waals surface area contributed by atoms with Crippen LogP contribution in [0.2, 0.25) is 0 Å². The lowest BCUT2D eigenvalue weighted by atomic mass is 9.85. The van der Waals surface area contributed by atoms with Crippen molar-refractivity contribution >= 4 is 24.0 Å². The molecule has 0 aliphatic rings. The van der Waals surface area contributed by atoms with Crippen LogP contribution in [-0.4, -0.2) is 76.6 Å². The molecule has 0 fully saturated rings. The molecule has 6 N–H and O–H groups in total. The Hall–Kier alpha value is -4.97. The van der Waals surface area contributed by atoms with E-state index in [2.05, 4.69) is 26.3 Å². The number of hydrogen-bond donors (Lipinski definition) is 6. The number of alkyl carbamates (subject to hydrolysis) is 1. The molecule has 1 heterocycles. The third kappa shape index (κ3) is 12.2. The van der Waals surface area contributed by atoms with Gasteiger partial charge in [-0.15, -0.1) is 0 Å². The van der Waals surface area contributed by atoms with Crippen LogP contribution in [0.1, 0.15) is 59.1 Å². The topological polar surface area (TPSA) is 179 Å². The number of carbonyl (C=O) groups excluding carboxylic acids is 3. The number of pyridine rings is 1. The van der Waals surface area contributed by atoms with Crippen LogP contribution in [-0.2, 0) is 27.2 Å². The number of amides is 4. The first-order valence-electron chi connectivity index (χ1n) is 16.6.